The molecule has 0 N–H and O–H groups in total. The molecule has 0 aliphatic rings. The first-order valence-corrected chi connectivity index (χ1v) is 11.1. The summed E-state index contributed by atoms with van der Waals surface area (Å²) in [5.74, 6) is 0. The van der Waals surface area contributed by atoms with Crippen LogP contribution in [-0.4, -0.2) is 60.3 Å². The number of rotatable bonds is 13. The van der Waals surface area contributed by atoms with Crippen LogP contribution in [-0.2, 0) is 26.6 Å². The molecular formula is C14H30O6Si2. The van der Waals surface area contributed by atoms with Crippen molar-refractivity contribution < 1.29 is 26.6 Å². The molecule has 0 fully saturated rings. The lowest BCUT2D eigenvalue weighted by atomic mass is 10.3. The van der Waals surface area contributed by atoms with Gasteiger partial charge >= 0.3 is 17.6 Å². The molecule has 0 aromatic heterocycles. The Labute approximate surface area is 136 Å². The fourth-order valence-corrected chi connectivity index (χ4v) is 5.25. The highest BCUT2D eigenvalue weighted by atomic mass is 28.4. The van der Waals surface area contributed by atoms with Gasteiger partial charge in [0.15, 0.2) is 0 Å². The van der Waals surface area contributed by atoms with Crippen LogP contribution in [0, 0.1) is 0 Å². The Bertz CT molecular complexity index is 279. The number of hydrogen-bond donors (Lipinski definition) is 0. The smallest absolute Gasteiger partial charge is 0.377 e. The normalized spacial score (nSPS) is 13.5. The summed E-state index contributed by atoms with van der Waals surface area (Å²) in [7, 11) is 4.85. The van der Waals surface area contributed by atoms with Crippen LogP contribution in [0.2, 0.25) is 12.1 Å². The second kappa shape index (κ2) is 12.1. The van der Waals surface area contributed by atoms with Gasteiger partial charge in [0.2, 0.25) is 0 Å². The van der Waals surface area contributed by atoms with Crippen molar-refractivity contribution in [3.05, 3.63) is 24.3 Å². The second-order valence-electron chi connectivity index (χ2n) is 4.52. The molecule has 0 spiro atoms. The number of allylic oxidation sites excluding steroid dienone is 4. The molecule has 0 aromatic carbocycles. The van der Waals surface area contributed by atoms with Crippen LogP contribution in [0.3, 0.4) is 0 Å². The molecule has 130 valence electrons. The zero-order chi connectivity index (χ0) is 16.9. The molecule has 0 heterocycles. The predicted octanol–water partition coefficient (Wildman–Crippen LogP) is 2.64. The fourth-order valence-electron chi connectivity index (χ4n) is 1.98. The molecule has 0 unspecified atom stereocenters. The van der Waals surface area contributed by atoms with Gasteiger partial charge in [-0.15, -0.1) is 0 Å². The standard InChI is InChI=1S/C14H30O6Si2/c1-15-21(16-2,17-3)13-11-9-7-8-10-12-14-22(18-4,19-5)20-6/h7-10H,11-14H2,1-6H3/b9-7+,10-8+. The maximum Gasteiger partial charge on any atom is 0.500 e. The Hall–Kier alpha value is -0.326. The van der Waals surface area contributed by atoms with Crippen LogP contribution in [0.1, 0.15) is 12.8 Å². The Morgan fingerprint density at radius 3 is 1.05 bits per heavy atom. The molecule has 0 atom stereocenters. The highest BCUT2D eigenvalue weighted by Gasteiger charge is 2.37. The van der Waals surface area contributed by atoms with E-state index in [2.05, 4.69) is 12.2 Å². The summed E-state index contributed by atoms with van der Waals surface area (Å²) >= 11 is 0. The first-order valence-electron chi connectivity index (χ1n) is 7.20. The lowest BCUT2D eigenvalue weighted by Gasteiger charge is -2.23. The largest absolute Gasteiger partial charge is 0.500 e. The van der Waals surface area contributed by atoms with Crippen molar-refractivity contribution in [2.75, 3.05) is 42.7 Å². The van der Waals surface area contributed by atoms with E-state index >= 15 is 0 Å². The topological polar surface area (TPSA) is 55.4 Å². The van der Waals surface area contributed by atoms with E-state index in [1.807, 2.05) is 12.2 Å². The Kier molecular flexibility index (Phi) is 12.0. The van der Waals surface area contributed by atoms with Crippen LogP contribution in [0.15, 0.2) is 24.3 Å². The van der Waals surface area contributed by atoms with Gasteiger partial charge in [-0.05, 0) is 12.8 Å². The van der Waals surface area contributed by atoms with Crippen molar-refractivity contribution in [3.8, 4) is 0 Å². The van der Waals surface area contributed by atoms with Crippen molar-refractivity contribution in [2.45, 2.75) is 24.9 Å². The van der Waals surface area contributed by atoms with Gasteiger partial charge in [-0.2, -0.15) is 0 Å². The van der Waals surface area contributed by atoms with Gasteiger partial charge in [-0.1, -0.05) is 24.3 Å². The molecule has 0 saturated heterocycles. The minimum atomic E-state index is -2.45. The lowest BCUT2D eigenvalue weighted by molar-refractivity contribution is 0.123. The van der Waals surface area contributed by atoms with Crippen LogP contribution in [0.4, 0.5) is 0 Å². The molecule has 22 heavy (non-hydrogen) atoms. The molecule has 0 bridgehead atoms. The SMILES string of the molecule is CO[Si](CC/C=C/C=C/CC[Si](OC)(OC)OC)(OC)OC. The third-order valence-corrected chi connectivity index (χ3v) is 9.02. The van der Waals surface area contributed by atoms with E-state index in [0.717, 1.165) is 24.9 Å². The Morgan fingerprint density at radius 1 is 0.545 bits per heavy atom. The molecule has 6 nitrogen and oxygen atoms in total. The quantitative estimate of drug-likeness (QED) is 0.376. The van der Waals surface area contributed by atoms with Gasteiger partial charge in [0, 0.05) is 54.7 Å². The van der Waals surface area contributed by atoms with Crippen LogP contribution in [0.5, 0.6) is 0 Å². The summed E-state index contributed by atoms with van der Waals surface area (Å²) in [5, 5.41) is 0. The summed E-state index contributed by atoms with van der Waals surface area (Å²) in [5.41, 5.74) is 0. The van der Waals surface area contributed by atoms with Gasteiger partial charge in [0.1, 0.15) is 0 Å². The predicted molar refractivity (Wildman–Crippen MR) is 90.7 cm³/mol. The molecule has 0 amide bonds. The molecule has 0 aromatic rings. The van der Waals surface area contributed by atoms with E-state index in [1.165, 1.54) is 0 Å². The highest BCUT2D eigenvalue weighted by Crippen LogP contribution is 2.16. The summed E-state index contributed by atoms with van der Waals surface area (Å²) in [6, 6.07) is 1.52. The van der Waals surface area contributed by atoms with Gasteiger partial charge < -0.3 is 26.6 Å². The van der Waals surface area contributed by atoms with Crippen LogP contribution < -0.4 is 0 Å². The lowest BCUT2D eigenvalue weighted by Crippen LogP contribution is -2.42. The Morgan fingerprint density at radius 2 is 0.818 bits per heavy atom. The average Bonchev–Trinajstić information content (AvgIpc) is 2.58. The second-order valence-corrected chi connectivity index (χ2v) is 10.7. The van der Waals surface area contributed by atoms with Gasteiger partial charge in [-0.3, -0.25) is 0 Å². The monoisotopic (exact) mass is 350 g/mol. The van der Waals surface area contributed by atoms with Crippen LogP contribution >= 0.6 is 0 Å². The van der Waals surface area contributed by atoms with Crippen molar-refractivity contribution in [3.63, 3.8) is 0 Å². The maximum absolute atomic E-state index is 5.36. The van der Waals surface area contributed by atoms with Gasteiger partial charge in [-0.25, -0.2) is 0 Å². The molecule has 0 aliphatic carbocycles. The molecule has 0 rings (SSSR count). The van der Waals surface area contributed by atoms with E-state index in [1.54, 1.807) is 42.7 Å². The third-order valence-electron chi connectivity index (χ3n) is 3.48. The van der Waals surface area contributed by atoms with Gasteiger partial charge in [0.05, 0.1) is 0 Å². The highest BCUT2D eigenvalue weighted by molar-refractivity contribution is 6.60. The zero-order valence-electron chi connectivity index (χ0n) is 14.6. The molecule has 0 aliphatic heterocycles. The van der Waals surface area contributed by atoms with Crippen molar-refractivity contribution in [1.29, 1.82) is 0 Å². The minimum Gasteiger partial charge on any atom is -0.377 e. The van der Waals surface area contributed by atoms with Crippen molar-refractivity contribution >= 4 is 17.6 Å². The molecular weight excluding hydrogens is 320 g/mol. The summed E-state index contributed by atoms with van der Waals surface area (Å²) in [4.78, 5) is 0. The number of hydrogen-bond acceptors (Lipinski definition) is 6. The summed E-state index contributed by atoms with van der Waals surface area (Å²) in [6.45, 7) is 0. The van der Waals surface area contributed by atoms with E-state index in [4.69, 9.17) is 26.6 Å². The van der Waals surface area contributed by atoms with E-state index in [9.17, 15) is 0 Å². The average molecular weight is 351 g/mol. The van der Waals surface area contributed by atoms with Gasteiger partial charge in [0.25, 0.3) is 0 Å². The van der Waals surface area contributed by atoms with E-state index < -0.39 is 17.6 Å². The van der Waals surface area contributed by atoms with E-state index in [-0.39, 0.29) is 0 Å². The van der Waals surface area contributed by atoms with Crippen molar-refractivity contribution in [2.24, 2.45) is 0 Å². The first-order chi connectivity index (χ1) is 10.6. The van der Waals surface area contributed by atoms with Crippen molar-refractivity contribution in [1.82, 2.24) is 0 Å². The Balaban J connectivity index is 4.08. The van der Waals surface area contributed by atoms with Crippen LogP contribution in [0.25, 0.3) is 0 Å². The molecule has 8 heteroatoms. The summed E-state index contributed by atoms with van der Waals surface area (Å²) < 4.78 is 32.2. The zero-order valence-corrected chi connectivity index (χ0v) is 16.6. The van der Waals surface area contributed by atoms with E-state index in [0.29, 0.717) is 0 Å². The first kappa shape index (κ1) is 21.7. The third kappa shape index (κ3) is 7.29. The summed E-state index contributed by atoms with van der Waals surface area (Å²) in [6.07, 6.45) is 9.86. The fraction of sp³-hybridized carbons (Fsp3) is 0.714. The maximum atomic E-state index is 5.36. The molecule has 0 saturated carbocycles. The molecule has 0 radical (unpaired) electrons. The minimum absolute atomic E-state index is 0.758.